The van der Waals surface area contributed by atoms with Gasteiger partial charge in [0.2, 0.25) is 10.0 Å². The van der Waals surface area contributed by atoms with E-state index in [1.807, 2.05) is 32.9 Å². The van der Waals surface area contributed by atoms with Crippen LogP contribution in [0.1, 0.15) is 50.4 Å². The van der Waals surface area contributed by atoms with Crippen LogP contribution in [0.15, 0.2) is 41.3 Å². The number of sulfonamides is 1. The minimum absolute atomic E-state index is 0.175. The van der Waals surface area contributed by atoms with Crippen molar-refractivity contribution in [3.63, 3.8) is 0 Å². The van der Waals surface area contributed by atoms with E-state index >= 15 is 0 Å². The molecule has 182 valence electrons. The van der Waals surface area contributed by atoms with Crippen LogP contribution in [0.5, 0.6) is 0 Å². The summed E-state index contributed by atoms with van der Waals surface area (Å²) in [6.45, 7) is 8.81. The lowest BCUT2D eigenvalue weighted by atomic mass is 10.1. The highest BCUT2D eigenvalue weighted by molar-refractivity contribution is 7.89. The van der Waals surface area contributed by atoms with Gasteiger partial charge in [0.15, 0.2) is 0 Å². The van der Waals surface area contributed by atoms with Crippen LogP contribution in [0.3, 0.4) is 0 Å². The number of aromatic nitrogens is 3. The fraction of sp³-hybridized carbons (Fsp3) is 0.458. The molecule has 1 saturated heterocycles. The summed E-state index contributed by atoms with van der Waals surface area (Å²) in [5, 5.41) is 11.2. The van der Waals surface area contributed by atoms with Crippen LogP contribution < -0.4 is 10.2 Å². The number of carbonyl (C=O) groups is 1. The highest BCUT2D eigenvalue weighted by Gasteiger charge is 2.25. The first kappa shape index (κ1) is 24.2. The number of aryl methyl sites for hydroxylation is 1. The third-order valence-corrected chi connectivity index (χ3v) is 8.38. The quantitative estimate of drug-likeness (QED) is 0.523. The molecule has 1 fully saturated rings. The Labute approximate surface area is 200 Å². The number of piperidine rings is 1. The normalized spacial score (nSPS) is 14.6. The fourth-order valence-corrected chi connectivity index (χ4v) is 5.93. The second-order valence-electron chi connectivity index (χ2n) is 8.38. The molecule has 0 spiro atoms. The highest BCUT2D eigenvalue weighted by atomic mass is 32.2. The van der Waals surface area contributed by atoms with Gasteiger partial charge in [-0.1, -0.05) is 19.1 Å². The number of hydrogen-bond acceptors (Lipinski definition) is 6. The van der Waals surface area contributed by atoms with Crippen molar-refractivity contribution in [1.29, 1.82) is 0 Å². The third-order valence-electron chi connectivity index (χ3n) is 6.33. The van der Waals surface area contributed by atoms with Crippen LogP contribution in [-0.4, -0.2) is 59.8 Å². The van der Waals surface area contributed by atoms with Crippen LogP contribution in [-0.2, 0) is 16.6 Å². The number of hydrogen-bond donors (Lipinski definition) is 1. The zero-order chi connectivity index (χ0) is 24.3. The van der Waals surface area contributed by atoms with Gasteiger partial charge in [0.1, 0.15) is 5.52 Å². The molecule has 1 aliphatic rings. The monoisotopic (exact) mass is 484 g/mol. The molecule has 0 bridgehead atoms. The molecule has 0 radical (unpaired) electrons. The van der Waals surface area contributed by atoms with Gasteiger partial charge < -0.3 is 10.2 Å². The fourth-order valence-electron chi connectivity index (χ4n) is 4.44. The molecular weight excluding hydrogens is 452 g/mol. The lowest BCUT2D eigenvalue weighted by Gasteiger charge is -2.31. The van der Waals surface area contributed by atoms with Crippen LogP contribution in [0, 0.1) is 0 Å². The molecule has 3 aromatic rings. The largest absolute Gasteiger partial charge is 0.370 e. The maximum absolute atomic E-state index is 13.2. The third kappa shape index (κ3) is 4.65. The molecule has 2 aromatic carbocycles. The molecule has 0 aliphatic carbocycles. The van der Waals surface area contributed by atoms with E-state index in [0.29, 0.717) is 36.4 Å². The first-order valence-corrected chi connectivity index (χ1v) is 13.4. The highest BCUT2D eigenvalue weighted by Crippen LogP contribution is 2.32. The summed E-state index contributed by atoms with van der Waals surface area (Å²) in [7, 11) is -3.66. The number of nitrogens with one attached hydrogen (secondary N) is 1. The van der Waals surface area contributed by atoms with Crippen molar-refractivity contribution < 1.29 is 13.2 Å². The number of amides is 1. The van der Waals surface area contributed by atoms with E-state index in [0.717, 1.165) is 37.1 Å². The Balaban J connectivity index is 1.71. The standard InChI is InChI=1S/C24H32N6O3S/c1-4-29(5-2)34(32,33)19-11-13-22(28-14-8-7-9-15-28)20(17-19)25-24(31)18-10-12-23-21(16-18)26-27-30(23)6-3/h10-13,16-17H,4-9,14-15H2,1-3H3,(H,25,31). The van der Waals surface area contributed by atoms with Crippen molar-refractivity contribution >= 4 is 38.3 Å². The van der Waals surface area contributed by atoms with Gasteiger partial charge in [-0.15, -0.1) is 5.10 Å². The SMILES string of the molecule is CCN(CC)S(=O)(=O)c1ccc(N2CCCCC2)c(NC(=O)c2ccc3c(c2)nnn3CC)c1. The van der Waals surface area contributed by atoms with Crippen molar-refractivity contribution in [1.82, 2.24) is 19.3 Å². The average Bonchev–Trinajstić information content (AvgIpc) is 3.27. The molecule has 0 atom stereocenters. The summed E-state index contributed by atoms with van der Waals surface area (Å²) in [5.74, 6) is -0.316. The summed E-state index contributed by atoms with van der Waals surface area (Å²) >= 11 is 0. The van der Waals surface area contributed by atoms with Gasteiger partial charge in [0, 0.05) is 38.3 Å². The number of fused-ring (bicyclic) bond motifs is 1. The molecule has 2 heterocycles. The predicted molar refractivity (Wildman–Crippen MR) is 134 cm³/mol. The van der Waals surface area contributed by atoms with E-state index in [1.54, 1.807) is 28.9 Å². The van der Waals surface area contributed by atoms with Gasteiger partial charge in [0.25, 0.3) is 5.91 Å². The molecule has 1 N–H and O–H groups in total. The van der Waals surface area contributed by atoms with Crippen molar-refractivity contribution in [3.05, 3.63) is 42.0 Å². The zero-order valence-electron chi connectivity index (χ0n) is 20.0. The molecule has 1 aromatic heterocycles. The second kappa shape index (κ2) is 10.1. The van der Waals surface area contributed by atoms with E-state index in [1.165, 1.54) is 10.7 Å². The lowest BCUT2D eigenvalue weighted by Crippen LogP contribution is -2.32. The topological polar surface area (TPSA) is 100 Å². The Kier molecular flexibility index (Phi) is 7.18. The summed E-state index contributed by atoms with van der Waals surface area (Å²) < 4.78 is 29.5. The Morgan fingerprint density at radius 2 is 1.76 bits per heavy atom. The average molecular weight is 485 g/mol. The van der Waals surface area contributed by atoms with Crippen molar-refractivity contribution in [2.75, 3.05) is 36.4 Å². The number of benzene rings is 2. The predicted octanol–water partition coefficient (Wildman–Crippen LogP) is 3.72. The van der Waals surface area contributed by atoms with Crippen LogP contribution >= 0.6 is 0 Å². The maximum Gasteiger partial charge on any atom is 0.255 e. The van der Waals surface area contributed by atoms with Gasteiger partial charge in [-0.3, -0.25) is 4.79 Å². The Hall–Kier alpha value is -2.98. The van der Waals surface area contributed by atoms with Crippen molar-refractivity contribution in [2.45, 2.75) is 51.5 Å². The zero-order valence-corrected chi connectivity index (χ0v) is 20.8. The van der Waals surface area contributed by atoms with Gasteiger partial charge in [-0.2, -0.15) is 4.31 Å². The molecular formula is C24H32N6O3S. The molecule has 0 saturated carbocycles. The minimum Gasteiger partial charge on any atom is -0.370 e. The number of rotatable bonds is 8. The van der Waals surface area contributed by atoms with Crippen molar-refractivity contribution in [2.24, 2.45) is 0 Å². The van der Waals surface area contributed by atoms with Gasteiger partial charge >= 0.3 is 0 Å². The van der Waals surface area contributed by atoms with Gasteiger partial charge in [-0.05, 0) is 62.6 Å². The Bertz CT molecular complexity index is 1280. The molecule has 1 amide bonds. The van der Waals surface area contributed by atoms with Gasteiger partial charge in [-0.25, -0.2) is 13.1 Å². The minimum atomic E-state index is -3.66. The molecule has 4 rings (SSSR count). The van der Waals surface area contributed by atoms with Crippen LogP contribution in [0.25, 0.3) is 11.0 Å². The number of nitrogens with zero attached hydrogens (tertiary/aromatic N) is 5. The van der Waals surface area contributed by atoms with Gasteiger partial charge in [0.05, 0.1) is 21.8 Å². The molecule has 9 nitrogen and oxygen atoms in total. The summed E-state index contributed by atoms with van der Waals surface area (Å²) in [5.41, 5.74) is 3.28. The van der Waals surface area contributed by atoms with Crippen LogP contribution in [0.4, 0.5) is 11.4 Å². The smallest absolute Gasteiger partial charge is 0.255 e. The van der Waals surface area contributed by atoms with E-state index in [-0.39, 0.29) is 10.8 Å². The lowest BCUT2D eigenvalue weighted by molar-refractivity contribution is 0.102. The molecule has 1 aliphatic heterocycles. The van der Waals surface area contributed by atoms with E-state index < -0.39 is 10.0 Å². The summed E-state index contributed by atoms with van der Waals surface area (Å²) in [6, 6.07) is 10.3. The van der Waals surface area contributed by atoms with Crippen LogP contribution in [0.2, 0.25) is 0 Å². The molecule has 0 unspecified atom stereocenters. The van der Waals surface area contributed by atoms with E-state index in [4.69, 9.17) is 0 Å². The number of anilines is 2. The van der Waals surface area contributed by atoms with E-state index in [2.05, 4.69) is 20.5 Å². The molecule has 34 heavy (non-hydrogen) atoms. The second-order valence-corrected chi connectivity index (χ2v) is 10.3. The summed E-state index contributed by atoms with van der Waals surface area (Å²) in [4.78, 5) is 15.6. The maximum atomic E-state index is 13.2. The van der Waals surface area contributed by atoms with Crippen molar-refractivity contribution in [3.8, 4) is 0 Å². The van der Waals surface area contributed by atoms with E-state index in [9.17, 15) is 13.2 Å². The first-order valence-electron chi connectivity index (χ1n) is 11.9. The Morgan fingerprint density at radius 3 is 2.44 bits per heavy atom. The molecule has 10 heteroatoms. The summed E-state index contributed by atoms with van der Waals surface area (Å²) in [6.07, 6.45) is 3.30. The Morgan fingerprint density at radius 1 is 1.03 bits per heavy atom. The number of carbonyl (C=O) groups excluding carboxylic acids is 1. The first-order chi connectivity index (χ1) is 16.4.